The van der Waals surface area contributed by atoms with E-state index in [0.29, 0.717) is 17.7 Å². The first-order valence-electron chi connectivity index (χ1n) is 8.29. The monoisotopic (exact) mass is 346 g/mol. The van der Waals surface area contributed by atoms with E-state index in [2.05, 4.69) is 15.8 Å². The van der Waals surface area contributed by atoms with Gasteiger partial charge in [-0.25, -0.2) is 5.43 Å². The van der Waals surface area contributed by atoms with Crippen LogP contribution in [0.3, 0.4) is 0 Å². The highest BCUT2D eigenvalue weighted by atomic mass is 16.6. The average Bonchev–Trinajstić information content (AvgIpc) is 2.55. The fourth-order valence-electron chi connectivity index (χ4n) is 2.77. The van der Waals surface area contributed by atoms with Crippen LogP contribution in [0.15, 0.2) is 23.3 Å². The molecule has 1 aromatic rings. The van der Waals surface area contributed by atoms with E-state index in [1.807, 2.05) is 13.8 Å². The summed E-state index contributed by atoms with van der Waals surface area (Å²) in [6.07, 6.45) is 1.85. The van der Waals surface area contributed by atoms with Crippen molar-refractivity contribution in [2.75, 3.05) is 5.32 Å². The SMILES string of the molecule is CCCC(C)C(=O)Nc1ccc(C2=NNC(=O)CC2C)cc1[N+](=O)[O-]. The summed E-state index contributed by atoms with van der Waals surface area (Å²) in [6, 6.07) is 4.56. The molecule has 1 aliphatic heterocycles. The zero-order chi connectivity index (χ0) is 18.6. The third-order valence-corrected chi connectivity index (χ3v) is 4.18. The minimum absolute atomic E-state index is 0.140. The molecule has 0 saturated carbocycles. The molecule has 2 rings (SSSR count). The molecule has 0 aromatic heterocycles. The number of hydrazone groups is 1. The van der Waals surface area contributed by atoms with Crippen LogP contribution >= 0.6 is 0 Å². The quantitative estimate of drug-likeness (QED) is 0.609. The van der Waals surface area contributed by atoms with Gasteiger partial charge >= 0.3 is 0 Å². The van der Waals surface area contributed by atoms with Gasteiger partial charge < -0.3 is 5.32 Å². The van der Waals surface area contributed by atoms with Crippen LogP contribution in [-0.2, 0) is 9.59 Å². The molecule has 0 radical (unpaired) electrons. The molecule has 2 N–H and O–H groups in total. The molecule has 2 unspecified atom stereocenters. The normalized spacial score (nSPS) is 18.1. The van der Waals surface area contributed by atoms with Crippen LogP contribution in [0.4, 0.5) is 11.4 Å². The molecular formula is C17H22N4O4. The van der Waals surface area contributed by atoms with Crippen LogP contribution in [-0.4, -0.2) is 22.4 Å². The molecular weight excluding hydrogens is 324 g/mol. The van der Waals surface area contributed by atoms with Crippen molar-refractivity contribution in [1.82, 2.24) is 5.43 Å². The summed E-state index contributed by atoms with van der Waals surface area (Å²) < 4.78 is 0. The number of nitrogens with zero attached hydrogens (tertiary/aromatic N) is 2. The molecule has 2 amide bonds. The number of carbonyl (C=O) groups excluding carboxylic acids is 2. The van der Waals surface area contributed by atoms with Crippen molar-refractivity contribution >= 4 is 28.9 Å². The van der Waals surface area contributed by atoms with Crippen LogP contribution in [0.25, 0.3) is 0 Å². The zero-order valence-electron chi connectivity index (χ0n) is 14.5. The number of hydrogen-bond donors (Lipinski definition) is 2. The van der Waals surface area contributed by atoms with Crippen molar-refractivity contribution in [3.8, 4) is 0 Å². The molecule has 1 aromatic carbocycles. The Kier molecular flexibility index (Phi) is 5.84. The summed E-state index contributed by atoms with van der Waals surface area (Å²) in [4.78, 5) is 34.4. The molecule has 8 nitrogen and oxygen atoms in total. The third-order valence-electron chi connectivity index (χ3n) is 4.18. The van der Waals surface area contributed by atoms with E-state index >= 15 is 0 Å². The number of rotatable bonds is 6. The molecule has 0 fully saturated rings. The number of carbonyl (C=O) groups is 2. The van der Waals surface area contributed by atoms with E-state index in [1.54, 1.807) is 13.0 Å². The summed E-state index contributed by atoms with van der Waals surface area (Å²) in [5.41, 5.74) is 3.50. The number of benzene rings is 1. The van der Waals surface area contributed by atoms with Crippen LogP contribution in [0.5, 0.6) is 0 Å². The number of anilines is 1. The van der Waals surface area contributed by atoms with Gasteiger partial charge in [-0.3, -0.25) is 19.7 Å². The van der Waals surface area contributed by atoms with Gasteiger partial charge in [0, 0.05) is 29.9 Å². The van der Waals surface area contributed by atoms with Crippen molar-refractivity contribution < 1.29 is 14.5 Å². The summed E-state index contributed by atoms with van der Waals surface area (Å²) in [6.45, 7) is 5.61. The van der Waals surface area contributed by atoms with Gasteiger partial charge in [-0.2, -0.15) is 5.10 Å². The maximum atomic E-state index is 12.1. The van der Waals surface area contributed by atoms with Gasteiger partial charge in [0.15, 0.2) is 0 Å². The number of nitro groups is 1. The van der Waals surface area contributed by atoms with Crippen molar-refractivity contribution in [2.24, 2.45) is 16.9 Å². The Morgan fingerprint density at radius 2 is 2.24 bits per heavy atom. The first kappa shape index (κ1) is 18.6. The first-order valence-corrected chi connectivity index (χ1v) is 8.29. The maximum Gasteiger partial charge on any atom is 0.293 e. The lowest BCUT2D eigenvalue weighted by Gasteiger charge is -2.19. The second-order valence-electron chi connectivity index (χ2n) is 6.31. The van der Waals surface area contributed by atoms with Crippen molar-refractivity contribution in [2.45, 2.75) is 40.0 Å². The van der Waals surface area contributed by atoms with E-state index in [1.165, 1.54) is 12.1 Å². The zero-order valence-corrected chi connectivity index (χ0v) is 14.5. The molecule has 0 aliphatic carbocycles. The lowest BCUT2D eigenvalue weighted by Crippen LogP contribution is -2.32. The Morgan fingerprint density at radius 3 is 2.84 bits per heavy atom. The minimum Gasteiger partial charge on any atom is -0.320 e. The molecule has 0 bridgehead atoms. The van der Waals surface area contributed by atoms with Crippen LogP contribution in [0.1, 0.15) is 45.6 Å². The van der Waals surface area contributed by atoms with Gasteiger partial charge in [-0.15, -0.1) is 0 Å². The number of hydrogen-bond acceptors (Lipinski definition) is 5. The van der Waals surface area contributed by atoms with E-state index in [-0.39, 0.29) is 41.4 Å². The summed E-state index contributed by atoms with van der Waals surface area (Å²) >= 11 is 0. The maximum absolute atomic E-state index is 12.1. The Hall–Kier alpha value is -2.77. The number of nitrogens with one attached hydrogen (secondary N) is 2. The van der Waals surface area contributed by atoms with Gasteiger partial charge in [0.25, 0.3) is 5.69 Å². The summed E-state index contributed by atoms with van der Waals surface area (Å²) in [5.74, 6) is -0.784. The third kappa shape index (κ3) is 4.40. The standard InChI is InChI=1S/C17H22N4O4/c1-4-5-10(2)17(23)18-13-7-6-12(9-14(13)21(24)25)16-11(3)8-15(22)19-20-16/h6-7,9-11H,4-5,8H2,1-3H3,(H,18,23)(H,19,22). The van der Waals surface area contributed by atoms with Gasteiger partial charge in [0.05, 0.1) is 10.6 Å². The largest absolute Gasteiger partial charge is 0.320 e. The van der Waals surface area contributed by atoms with Crippen LogP contribution in [0.2, 0.25) is 0 Å². The van der Waals surface area contributed by atoms with E-state index in [4.69, 9.17) is 0 Å². The highest BCUT2D eigenvalue weighted by Gasteiger charge is 2.25. The highest BCUT2D eigenvalue weighted by molar-refractivity contribution is 6.07. The topological polar surface area (TPSA) is 114 Å². The second-order valence-corrected chi connectivity index (χ2v) is 6.31. The highest BCUT2D eigenvalue weighted by Crippen LogP contribution is 2.28. The molecule has 2 atom stereocenters. The lowest BCUT2D eigenvalue weighted by atomic mass is 9.93. The smallest absolute Gasteiger partial charge is 0.293 e. The second kappa shape index (κ2) is 7.87. The van der Waals surface area contributed by atoms with E-state index < -0.39 is 4.92 Å². The Labute approximate surface area is 145 Å². The van der Waals surface area contributed by atoms with Crippen LogP contribution < -0.4 is 10.7 Å². The predicted octanol–water partition coefficient (Wildman–Crippen LogP) is 2.83. The van der Waals surface area contributed by atoms with Gasteiger partial charge in [0.1, 0.15) is 5.69 Å². The first-order chi connectivity index (χ1) is 11.8. The van der Waals surface area contributed by atoms with Crippen LogP contribution in [0, 0.1) is 22.0 Å². The lowest BCUT2D eigenvalue weighted by molar-refractivity contribution is -0.383. The summed E-state index contributed by atoms with van der Waals surface area (Å²) in [7, 11) is 0. The number of amides is 2. The average molecular weight is 346 g/mol. The fourth-order valence-corrected chi connectivity index (χ4v) is 2.77. The minimum atomic E-state index is -0.532. The molecule has 134 valence electrons. The Morgan fingerprint density at radius 1 is 1.52 bits per heavy atom. The Bertz CT molecular complexity index is 729. The molecule has 1 heterocycles. The molecule has 0 saturated heterocycles. The van der Waals surface area contributed by atoms with Crippen molar-refractivity contribution in [3.63, 3.8) is 0 Å². The van der Waals surface area contributed by atoms with Crippen molar-refractivity contribution in [1.29, 1.82) is 0 Å². The molecule has 8 heteroatoms. The van der Waals surface area contributed by atoms with Crippen molar-refractivity contribution in [3.05, 3.63) is 33.9 Å². The van der Waals surface area contributed by atoms with Gasteiger partial charge in [-0.05, 0) is 12.5 Å². The predicted molar refractivity (Wildman–Crippen MR) is 94.3 cm³/mol. The van der Waals surface area contributed by atoms with E-state index in [0.717, 1.165) is 6.42 Å². The summed E-state index contributed by atoms with van der Waals surface area (Å²) in [5, 5.41) is 18.1. The van der Waals surface area contributed by atoms with Gasteiger partial charge in [-0.1, -0.05) is 33.3 Å². The molecule has 0 spiro atoms. The Balaban J connectivity index is 2.31. The van der Waals surface area contributed by atoms with E-state index in [9.17, 15) is 19.7 Å². The number of nitro benzene ring substituents is 1. The fraction of sp³-hybridized carbons (Fsp3) is 0.471. The van der Waals surface area contributed by atoms with Gasteiger partial charge in [0.2, 0.25) is 11.8 Å². The molecule has 1 aliphatic rings. The molecule has 25 heavy (non-hydrogen) atoms.